The Kier molecular flexibility index (Phi) is 6.92. The number of nitrogens with one attached hydrogen (secondary N) is 1. The Hall–Kier alpha value is -1.84. The van der Waals surface area contributed by atoms with Gasteiger partial charge in [0.25, 0.3) is 11.9 Å². The Labute approximate surface area is 127 Å². The maximum atomic E-state index is 12.2. The lowest BCUT2D eigenvalue weighted by molar-refractivity contribution is 0.0963. The lowest BCUT2D eigenvalue weighted by Gasteiger charge is -2.14. The van der Waals surface area contributed by atoms with E-state index in [0.717, 1.165) is 12.0 Å². The smallest absolute Gasteiger partial charge is 0.291 e. The van der Waals surface area contributed by atoms with Crippen molar-refractivity contribution in [3.63, 3.8) is 0 Å². The highest BCUT2D eigenvalue weighted by Crippen LogP contribution is 2.05. The van der Waals surface area contributed by atoms with Gasteiger partial charge in [-0.25, -0.2) is 4.99 Å². The van der Waals surface area contributed by atoms with E-state index in [4.69, 9.17) is 4.74 Å². The molecule has 0 aliphatic carbocycles. The maximum absolute atomic E-state index is 12.2. The van der Waals surface area contributed by atoms with E-state index in [1.165, 1.54) is 0 Å². The Morgan fingerprint density at radius 1 is 1.33 bits per heavy atom. The average molecular weight is 290 g/mol. The number of hydrogen-bond acceptors (Lipinski definition) is 3. The first kappa shape index (κ1) is 17.2. The highest BCUT2D eigenvalue weighted by atomic mass is 16.5. The van der Waals surface area contributed by atoms with Gasteiger partial charge in [-0.05, 0) is 38.3 Å². The van der Waals surface area contributed by atoms with Gasteiger partial charge in [-0.1, -0.05) is 38.5 Å². The minimum absolute atomic E-state index is 0.116. The summed E-state index contributed by atoms with van der Waals surface area (Å²) in [6, 6.07) is 7.88. The zero-order valence-corrected chi connectivity index (χ0v) is 13.6. The van der Waals surface area contributed by atoms with Gasteiger partial charge in [-0.15, -0.1) is 0 Å². The Morgan fingerprint density at radius 2 is 2.05 bits per heavy atom. The Morgan fingerprint density at radius 3 is 2.62 bits per heavy atom. The molecular formula is C17H26N2O2. The van der Waals surface area contributed by atoms with Crippen molar-refractivity contribution >= 4 is 11.9 Å². The minimum atomic E-state index is -0.190. The first-order chi connectivity index (χ1) is 9.92. The van der Waals surface area contributed by atoms with Gasteiger partial charge in [-0.2, -0.15) is 0 Å². The van der Waals surface area contributed by atoms with Crippen LogP contribution >= 0.6 is 0 Å². The lowest BCUT2D eigenvalue weighted by Crippen LogP contribution is -2.34. The van der Waals surface area contributed by atoms with Crippen LogP contribution < -0.4 is 5.32 Å². The molecule has 1 rings (SSSR count). The number of aryl methyl sites for hydroxylation is 1. The summed E-state index contributed by atoms with van der Waals surface area (Å²) in [5, 5.41) is 2.77. The van der Waals surface area contributed by atoms with E-state index < -0.39 is 0 Å². The predicted molar refractivity (Wildman–Crippen MR) is 86.6 cm³/mol. The van der Waals surface area contributed by atoms with E-state index in [0.29, 0.717) is 24.1 Å². The summed E-state index contributed by atoms with van der Waals surface area (Å²) >= 11 is 0. The molecule has 4 nitrogen and oxygen atoms in total. The number of ether oxygens (including phenoxy) is 1. The Bertz CT molecular complexity index is 495. The number of aliphatic imine (C=N–C) groups is 1. The summed E-state index contributed by atoms with van der Waals surface area (Å²) in [6.07, 6.45) is 0.898. The van der Waals surface area contributed by atoms with Crippen LogP contribution in [0.1, 0.15) is 50.0 Å². The van der Waals surface area contributed by atoms with Gasteiger partial charge >= 0.3 is 0 Å². The molecule has 0 saturated heterocycles. The van der Waals surface area contributed by atoms with Crippen LogP contribution in [0.5, 0.6) is 0 Å². The molecule has 1 atom stereocenters. The van der Waals surface area contributed by atoms with Crippen molar-refractivity contribution in [2.24, 2.45) is 10.9 Å². The van der Waals surface area contributed by atoms with Crippen molar-refractivity contribution in [3.05, 3.63) is 35.4 Å². The number of benzene rings is 1. The summed E-state index contributed by atoms with van der Waals surface area (Å²) in [5.41, 5.74) is 1.66. The molecule has 0 heterocycles. The summed E-state index contributed by atoms with van der Waals surface area (Å²) in [6.45, 7) is 10.7. The summed E-state index contributed by atoms with van der Waals surface area (Å²) in [5.74, 6) is 0.188. The molecule has 0 aromatic heterocycles. The standard InChI is InChI=1S/C17H26N2O2/c1-6-14(5)18-17(21-11-12(2)3)19-16(20)15-9-7-8-13(4)10-15/h7-10,12,14H,6,11H2,1-5H3,(H,18,19,20)/t14-/m1/s1. The van der Waals surface area contributed by atoms with Crippen molar-refractivity contribution in [1.29, 1.82) is 0 Å². The van der Waals surface area contributed by atoms with Crippen molar-refractivity contribution in [2.45, 2.75) is 47.1 Å². The second kappa shape index (κ2) is 8.45. The molecule has 0 radical (unpaired) electrons. The molecule has 1 aromatic carbocycles. The number of amides is 1. The third-order valence-electron chi connectivity index (χ3n) is 2.98. The summed E-state index contributed by atoms with van der Waals surface area (Å²) in [4.78, 5) is 16.7. The van der Waals surface area contributed by atoms with E-state index in [2.05, 4.69) is 31.1 Å². The number of carbonyl (C=O) groups is 1. The van der Waals surface area contributed by atoms with E-state index in [1.807, 2.05) is 32.0 Å². The van der Waals surface area contributed by atoms with Crippen LogP contribution in [0.3, 0.4) is 0 Å². The highest BCUT2D eigenvalue weighted by molar-refractivity contribution is 6.04. The van der Waals surface area contributed by atoms with Crippen LogP contribution in [0, 0.1) is 12.8 Å². The summed E-state index contributed by atoms with van der Waals surface area (Å²) < 4.78 is 5.62. The van der Waals surface area contributed by atoms with Gasteiger partial charge in [0.05, 0.1) is 12.6 Å². The van der Waals surface area contributed by atoms with Crippen LogP contribution in [0.25, 0.3) is 0 Å². The Balaban J connectivity index is 2.80. The monoisotopic (exact) mass is 290 g/mol. The normalized spacial score (nSPS) is 13.1. The molecule has 4 heteroatoms. The molecule has 0 spiro atoms. The van der Waals surface area contributed by atoms with E-state index in [9.17, 15) is 4.79 Å². The SMILES string of the molecule is CC[C@@H](C)N=C(NC(=O)c1cccc(C)c1)OCC(C)C. The topological polar surface area (TPSA) is 50.7 Å². The zero-order valence-electron chi connectivity index (χ0n) is 13.6. The molecule has 0 aliphatic rings. The van der Waals surface area contributed by atoms with Crippen LogP contribution in [0.15, 0.2) is 29.3 Å². The van der Waals surface area contributed by atoms with Gasteiger partial charge in [0.2, 0.25) is 0 Å². The highest BCUT2D eigenvalue weighted by Gasteiger charge is 2.12. The molecule has 1 aromatic rings. The van der Waals surface area contributed by atoms with Gasteiger partial charge in [0.1, 0.15) is 0 Å². The predicted octanol–water partition coefficient (Wildman–Crippen LogP) is 3.55. The molecule has 1 amide bonds. The number of rotatable bonds is 5. The average Bonchev–Trinajstić information content (AvgIpc) is 2.44. The molecule has 0 saturated carbocycles. The van der Waals surface area contributed by atoms with Gasteiger partial charge in [-0.3, -0.25) is 10.1 Å². The fourth-order valence-electron chi connectivity index (χ4n) is 1.60. The third kappa shape index (κ3) is 6.43. The number of nitrogens with zero attached hydrogens (tertiary/aromatic N) is 1. The van der Waals surface area contributed by atoms with E-state index in [1.54, 1.807) is 6.07 Å². The molecule has 0 bridgehead atoms. The van der Waals surface area contributed by atoms with Gasteiger partial charge in [0.15, 0.2) is 0 Å². The fourth-order valence-corrected chi connectivity index (χ4v) is 1.60. The molecule has 0 unspecified atom stereocenters. The first-order valence-electron chi connectivity index (χ1n) is 7.51. The largest absolute Gasteiger partial charge is 0.465 e. The zero-order chi connectivity index (χ0) is 15.8. The lowest BCUT2D eigenvalue weighted by atomic mass is 10.1. The van der Waals surface area contributed by atoms with Crippen LogP contribution in [-0.4, -0.2) is 24.6 Å². The molecule has 0 aliphatic heterocycles. The van der Waals surface area contributed by atoms with Crippen molar-refractivity contribution in [1.82, 2.24) is 5.32 Å². The van der Waals surface area contributed by atoms with Gasteiger partial charge in [0, 0.05) is 5.56 Å². The third-order valence-corrected chi connectivity index (χ3v) is 2.98. The van der Waals surface area contributed by atoms with E-state index in [-0.39, 0.29) is 11.9 Å². The molecule has 1 N–H and O–H groups in total. The second-order valence-electron chi connectivity index (χ2n) is 5.72. The molecule has 116 valence electrons. The number of carbonyl (C=O) groups excluding carboxylic acids is 1. The molecule has 0 fully saturated rings. The fraction of sp³-hybridized carbons (Fsp3) is 0.529. The minimum Gasteiger partial charge on any atom is -0.465 e. The number of amidine groups is 1. The summed E-state index contributed by atoms with van der Waals surface area (Å²) in [7, 11) is 0. The van der Waals surface area contributed by atoms with Crippen molar-refractivity contribution in [3.8, 4) is 0 Å². The molecular weight excluding hydrogens is 264 g/mol. The first-order valence-corrected chi connectivity index (χ1v) is 7.51. The van der Waals surface area contributed by atoms with Crippen LogP contribution in [0.2, 0.25) is 0 Å². The van der Waals surface area contributed by atoms with Crippen molar-refractivity contribution < 1.29 is 9.53 Å². The number of hydrogen-bond donors (Lipinski definition) is 1. The van der Waals surface area contributed by atoms with Gasteiger partial charge < -0.3 is 4.74 Å². The van der Waals surface area contributed by atoms with Crippen LogP contribution in [0.4, 0.5) is 0 Å². The quantitative estimate of drug-likeness (QED) is 0.666. The molecule has 21 heavy (non-hydrogen) atoms. The van der Waals surface area contributed by atoms with Crippen LogP contribution in [-0.2, 0) is 4.74 Å². The van der Waals surface area contributed by atoms with Crippen molar-refractivity contribution in [2.75, 3.05) is 6.61 Å². The van der Waals surface area contributed by atoms with E-state index >= 15 is 0 Å². The second-order valence-corrected chi connectivity index (χ2v) is 5.72. The maximum Gasteiger partial charge on any atom is 0.291 e.